The fraction of sp³-hybridized carbons (Fsp3) is 0.474. The second-order valence-electron chi connectivity index (χ2n) is 6.51. The number of carboxylic acids is 1. The number of hydrogen-bond acceptors (Lipinski definition) is 6. The van der Waals surface area contributed by atoms with E-state index in [1.165, 1.54) is 7.11 Å². The van der Waals surface area contributed by atoms with Crippen LogP contribution >= 0.6 is 0 Å². The number of hydrogen-bond donors (Lipinski definition) is 1. The summed E-state index contributed by atoms with van der Waals surface area (Å²) in [7, 11) is 1.44. The summed E-state index contributed by atoms with van der Waals surface area (Å²) in [5, 5.41) is 9.81. The highest BCUT2D eigenvalue weighted by molar-refractivity contribution is 5.72. The van der Waals surface area contributed by atoms with Crippen molar-refractivity contribution < 1.29 is 23.9 Å². The van der Waals surface area contributed by atoms with E-state index in [-0.39, 0.29) is 0 Å². The summed E-state index contributed by atoms with van der Waals surface area (Å²) in [5.41, 5.74) is 0.621. The molecule has 1 aliphatic rings. The average molecular weight is 376 g/mol. The van der Waals surface area contributed by atoms with E-state index in [2.05, 4.69) is 4.90 Å². The molecule has 3 rings (SSSR count). The van der Waals surface area contributed by atoms with Gasteiger partial charge < -0.3 is 19.1 Å². The number of methoxy groups -OCH3 is 1. The monoisotopic (exact) mass is 376 g/mol. The van der Waals surface area contributed by atoms with Crippen LogP contribution in [-0.4, -0.2) is 66.8 Å². The van der Waals surface area contributed by atoms with Crippen LogP contribution in [0.3, 0.4) is 0 Å². The van der Waals surface area contributed by atoms with Gasteiger partial charge in [0, 0.05) is 32.3 Å². The number of benzene rings is 1. The molecule has 2 unspecified atom stereocenters. The summed E-state index contributed by atoms with van der Waals surface area (Å²) in [4.78, 5) is 26.8. The maximum Gasteiger partial charge on any atom is 0.332 e. The van der Waals surface area contributed by atoms with Gasteiger partial charge in [-0.3, -0.25) is 9.69 Å². The van der Waals surface area contributed by atoms with Crippen molar-refractivity contribution in [2.45, 2.75) is 19.1 Å². The molecule has 0 saturated carbocycles. The number of nitrogens with zero attached hydrogens (tertiary/aromatic N) is 2. The molecular weight excluding hydrogens is 352 g/mol. The molecule has 27 heavy (non-hydrogen) atoms. The first kappa shape index (κ1) is 19.3. The highest BCUT2D eigenvalue weighted by Gasteiger charge is 2.36. The molecule has 2 aromatic rings. The SMILES string of the molecule is COC(CN1CCOCC1)C(C(=O)O)n1oc(-c2ccccc2)c(C)c1=O. The summed E-state index contributed by atoms with van der Waals surface area (Å²) in [5.74, 6) is -0.807. The zero-order valence-electron chi connectivity index (χ0n) is 15.5. The fourth-order valence-electron chi connectivity index (χ4n) is 3.26. The van der Waals surface area contributed by atoms with Crippen LogP contribution < -0.4 is 5.56 Å². The van der Waals surface area contributed by atoms with Gasteiger partial charge in [-0.2, -0.15) is 4.74 Å². The zero-order chi connectivity index (χ0) is 19.4. The van der Waals surface area contributed by atoms with Gasteiger partial charge in [-0.15, -0.1) is 0 Å². The van der Waals surface area contributed by atoms with Gasteiger partial charge in [0.1, 0.15) is 6.10 Å². The Balaban J connectivity index is 1.94. The van der Waals surface area contributed by atoms with Crippen molar-refractivity contribution in [3.05, 3.63) is 46.2 Å². The minimum atomic E-state index is -1.26. The molecule has 1 aliphatic heterocycles. The normalized spacial score (nSPS) is 17.6. The molecule has 8 heteroatoms. The topological polar surface area (TPSA) is 94.1 Å². The molecule has 1 aromatic carbocycles. The molecule has 0 aliphatic carbocycles. The van der Waals surface area contributed by atoms with E-state index < -0.39 is 23.7 Å². The van der Waals surface area contributed by atoms with Gasteiger partial charge in [0.2, 0.25) is 0 Å². The third kappa shape index (κ3) is 4.13. The van der Waals surface area contributed by atoms with E-state index in [9.17, 15) is 14.7 Å². The van der Waals surface area contributed by atoms with Crippen molar-refractivity contribution in [1.82, 2.24) is 9.64 Å². The van der Waals surface area contributed by atoms with Crippen LogP contribution in [0.4, 0.5) is 0 Å². The number of rotatable bonds is 7. The highest BCUT2D eigenvalue weighted by atomic mass is 16.5. The molecule has 0 radical (unpaired) electrons. The lowest BCUT2D eigenvalue weighted by Crippen LogP contribution is -2.47. The van der Waals surface area contributed by atoms with Crippen LogP contribution in [0, 0.1) is 6.92 Å². The molecule has 0 spiro atoms. The number of carbonyl (C=O) groups is 1. The molecule has 2 heterocycles. The first-order valence-electron chi connectivity index (χ1n) is 8.86. The van der Waals surface area contributed by atoms with Crippen molar-refractivity contribution in [2.24, 2.45) is 0 Å². The molecule has 0 amide bonds. The quantitative estimate of drug-likeness (QED) is 0.780. The summed E-state index contributed by atoms with van der Waals surface area (Å²) < 4.78 is 17.4. The Bertz CT molecular complexity index is 822. The molecule has 146 valence electrons. The van der Waals surface area contributed by atoms with Gasteiger partial charge in [0.25, 0.3) is 5.56 Å². The summed E-state index contributed by atoms with van der Waals surface area (Å²) in [6, 6.07) is 7.88. The standard InChI is InChI=1S/C19H24N2O6/c1-13-17(14-6-4-3-5-7-14)27-21(18(13)22)16(19(23)24)15(25-2)12-20-8-10-26-11-9-20/h3-7,15-16H,8-12H2,1-2H3,(H,23,24). The van der Waals surface area contributed by atoms with E-state index in [0.717, 1.165) is 10.3 Å². The van der Waals surface area contributed by atoms with Crippen LogP contribution in [0.5, 0.6) is 0 Å². The van der Waals surface area contributed by atoms with Gasteiger partial charge in [-0.25, -0.2) is 4.79 Å². The van der Waals surface area contributed by atoms with Gasteiger partial charge >= 0.3 is 5.97 Å². The summed E-state index contributed by atoms with van der Waals surface area (Å²) in [6.45, 7) is 4.55. The number of aliphatic carboxylic acids is 1. The van der Waals surface area contributed by atoms with Gasteiger partial charge in [0.15, 0.2) is 11.8 Å². The Kier molecular flexibility index (Phi) is 6.10. The predicted octanol–water partition coefficient (Wildman–Crippen LogP) is 1.39. The number of ether oxygens (including phenoxy) is 2. The van der Waals surface area contributed by atoms with Crippen molar-refractivity contribution in [3.63, 3.8) is 0 Å². The molecular formula is C19H24N2O6. The van der Waals surface area contributed by atoms with Crippen LogP contribution in [0.2, 0.25) is 0 Å². The van der Waals surface area contributed by atoms with Gasteiger partial charge in [-0.05, 0) is 6.92 Å². The largest absolute Gasteiger partial charge is 0.480 e. The maximum absolute atomic E-state index is 12.7. The molecule has 1 aromatic heterocycles. The molecule has 8 nitrogen and oxygen atoms in total. The average Bonchev–Trinajstić information content (AvgIpc) is 2.97. The fourth-order valence-corrected chi connectivity index (χ4v) is 3.26. The second-order valence-corrected chi connectivity index (χ2v) is 6.51. The van der Waals surface area contributed by atoms with Crippen LogP contribution in [0.25, 0.3) is 11.3 Å². The Morgan fingerprint density at radius 1 is 1.26 bits per heavy atom. The lowest BCUT2D eigenvalue weighted by Gasteiger charge is -2.31. The Hall–Kier alpha value is -2.42. The molecule has 0 bridgehead atoms. The first-order valence-corrected chi connectivity index (χ1v) is 8.86. The third-order valence-electron chi connectivity index (χ3n) is 4.79. The number of morpholine rings is 1. The molecule has 2 atom stereocenters. The molecule has 1 N–H and O–H groups in total. The lowest BCUT2D eigenvalue weighted by molar-refractivity contribution is -0.149. The van der Waals surface area contributed by atoms with E-state index in [4.69, 9.17) is 14.0 Å². The maximum atomic E-state index is 12.7. The first-order chi connectivity index (χ1) is 13.0. The molecule has 1 saturated heterocycles. The van der Waals surface area contributed by atoms with E-state index in [0.29, 0.717) is 44.2 Å². The van der Waals surface area contributed by atoms with Crippen LogP contribution in [-0.2, 0) is 14.3 Å². The second kappa shape index (κ2) is 8.51. The third-order valence-corrected chi connectivity index (χ3v) is 4.79. The van der Waals surface area contributed by atoms with Gasteiger partial charge in [-0.1, -0.05) is 30.3 Å². The van der Waals surface area contributed by atoms with E-state index in [1.54, 1.807) is 6.92 Å². The van der Waals surface area contributed by atoms with Crippen LogP contribution in [0.15, 0.2) is 39.6 Å². The smallest absolute Gasteiger partial charge is 0.332 e. The minimum Gasteiger partial charge on any atom is -0.480 e. The Morgan fingerprint density at radius 2 is 1.93 bits per heavy atom. The minimum absolute atomic E-state index is 0.365. The van der Waals surface area contributed by atoms with Crippen molar-refractivity contribution >= 4 is 5.97 Å². The summed E-state index contributed by atoms with van der Waals surface area (Å²) in [6.07, 6.45) is -0.743. The Labute approximate surface area is 156 Å². The van der Waals surface area contributed by atoms with Crippen molar-refractivity contribution in [2.75, 3.05) is 40.0 Å². The van der Waals surface area contributed by atoms with Crippen molar-refractivity contribution in [3.8, 4) is 11.3 Å². The van der Waals surface area contributed by atoms with Gasteiger partial charge in [0.05, 0.1) is 18.8 Å². The predicted molar refractivity (Wildman–Crippen MR) is 97.9 cm³/mol. The summed E-state index contributed by atoms with van der Waals surface area (Å²) >= 11 is 0. The molecule has 1 fully saturated rings. The van der Waals surface area contributed by atoms with Crippen molar-refractivity contribution in [1.29, 1.82) is 0 Å². The highest BCUT2D eigenvalue weighted by Crippen LogP contribution is 2.25. The lowest BCUT2D eigenvalue weighted by atomic mass is 10.1. The number of aromatic nitrogens is 1. The van der Waals surface area contributed by atoms with E-state index >= 15 is 0 Å². The van der Waals surface area contributed by atoms with Crippen LogP contribution in [0.1, 0.15) is 11.6 Å². The van der Waals surface area contributed by atoms with E-state index in [1.807, 2.05) is 30.3 Å². The Morgan fingerprint density at radius 3 is 2.52 bits per heavy atom. The zero-order valence-corrected chi connectivity index (χ0v) is 15.5. The number of carboxylic acid groups (broad SMARTS) is 1.